The van der Waals surface area contributed by atoms with Gasteiger partial charge in [0.1, 0.15) is 0 Å². The quantitative estimate of drug-likeness (QED) is 0.919. The maximum atomic E-state index is 12.6. The number of carbonyl (C=O) groups is 1. The summed E-state index contributed by atoms with van der Waals surface area (Å²) in [6, 6.07) is 4.23. The van der Waals surface area contributed by atoms with E-state index in [1.54, 1.807) is 11.3 Å². The molecule has 23 heavy (non-hydrogen) atoms. The third-order valence-electron chi connectivity index (χ3n) is 5.07. The van der Waals surface area contributed by atoms with Crippen LogP contribution in [0.5, 0.6) is 0 Å². The maximum Gasteiger partial charge on any atom is 0.234 e. The molecule has 0 aliphatic carbocycles. The number of nitrogens with zero attached hydrogens (tertiary/aromatic N) is 1. The summed E-state index contributed by atoms with van der Waals surface area (Å²) in [5.74, 6) is 0.134. The van der Waals surface area contributed by atoms with Crippen molar-refractivity contribution in [2.45, 2.75) is 39.7 Å². The van der Waals surface area contributed by atoms with E-state index in [1.165, 1.54) is 4.88 Å². The summed E-state index contributed by atoms with van der Waals surface area (Å²) in [6.45, 7) is 10.8. The summed E-state index contributed by atoms with van der Waals surface area (Å²) >= 11 is 1.71. The van der Waals surface area contributed by atoms with Crippen LogP contribution in [0, 0.1) is 10.8 Å². The van der Waals surface area contributed by atoms with Crippen LogP contribution in [-0.4, -0.2) is 43.7 Å². The maximum absolute atomic E-state index is 12.6. The van der Waals surface area contributed by atoms with Gasteiger partial charge in [0.2, 0.25) is 5.91 Å². The first kappa shape index (κ1) is 16.9. The van der Waals surface area contributed by atoms with Crippen LogP contribution < -0.4 is 5.32 Å². The van der Waals surface area contributed by atoms with Crippen LogP contribution >= 0.6 is 11.3 Å². The fourth-order valence-corrected chi connectivity index (χ4v) is 4.73. The van der Waals surface area contributed by atoms with E-state index in [4.69, 9.17) is 4.74 Å². The average molecular weight is 337 g/mol. The SMILES string of the molecule is CC(C)(C)[C@H](NC(=O)CN1CC[C@]2(CCOC2)C1)c1cccs1. The topological polar surface area (TPSA) is 41.6 Å². The summed E-state index contributed by atoms with van der Waals surface area (Å²) in [6.07, 6.45) is 2.30. The number of hydrogen-bond acceptors (Lipinski definition) is 4. The monoisotopic (exact) mass is 336 g/mol. The van der Waals surface area contributed by atoms with E-state index in [-0.39, 0.29) is 17.4 Å². The standard InChI is InChI=1S/C18H28N2O2S/c1-17(2,3)16(14-5-4-10-23-14)19-15(21)11-20-8-6-18(12-20)7-9-22-13-18/h4-5,10,16H,6-9,11-13H2,1-3H3,(H,19,21)/t16-,18+/m1/s1. The molecule has 3 heterocycles. The van der Waals surface area contributed by atoms with Crippen molar-refractivity contribution in [1.29, 1.82) is 0 Å². The van der Waals surface area contributed by atoms with E-state index in [0.717, 1.165) is 39.1 Å². The fourth-order valence-electron chi connectivity index (χ4n) is 3.71. The van der Waals surface area contributed by atoms with Gasteiger partial charge in [-0.1, -0.05) is 26.8 Å². The Morgan fingerprint density at radius 3 is 2.91 bits per heavy atom. The molecule has 0 radical (unpaired) electrons. The number of thiophene rings is 1. The third-order valence-corrected chi connectivity index (χ3v) is 6.01. The van der Waals surface area contributed by atoms with Gasteiger partial charge in [-0.15, -0.1) is 11.3 Å². The zero-order valence-corrected chi connectivity index (χ0v) is 15.2. The van der Waals surface area contributed by atoms with Gasteiger partial charge in [0.15, 0.2) is 0 Å². The number of rotatable bonds is 4. The molecule has 3 rings (SSSR count). The zero-order chi connectivity index (χ0) is 16.5. The molecule has 1 aromatic heterocycles. The van der Waals surface area contributed by atoms with E-state index < -0.39 is 0 Å². The predicted molar refractivity (Wildman–Crippen MR) is 93.6 cm³/mol. The highest BCUT2D eigenvalue weighted by Crippen LogP contribution is 2.38. The average Bonchev–Trinajstić information content (AvgIpc) is 3.19. The Balaban J connectivity index is 1.58. The number of amides is 1. The van der Waals surface area contributed by atoms with Gasteiger partial charge >= 0.3 is 0 Å². The second-order valence-electron chi connectivity index (χ2n) is 8.15. The largest absolute Gasteiger partial charge is 0.381 e. The van der Waals surface area contributed by atoms with Gasteiger partial charge in [-0.2, -0.15) is 0 Å². The van der Waals surface area contributed by atoms with E-state index >= 15 is 0 Å². The lowest BCUT2D eigenvalue weighted by Gasteiger charge is -2.31. The van der Waals surface area contributed by atoms with E-state index in [9.17, 15) is 4.79 Å². The molecule has 0 bridgehead atoms. The predicted octanol–water partition coefficient (Wildman–Crippen LogP) is 3.06. The van der Waals surface area contributed by atoms with Crippen LogP contribution in [0.2, 0.25) is 0 Å². The second-order valence-corrected chi connectivity index (χ2v) is 9.12. The molecule has 2 aliphatic rings. The lowest BCUT2D eigenvalue weighted by molar-refractivity contribution is -0.123. The van der Waals surface area contributed by atoms with Crippen molar-refractivity contribution in [2.75, 3.05) is 32.8 Å². The Labute approximate surface area is 143 Å². The molecule has 1 amide bonds. The van der Waals surface area contributed by atoms with E-state index in [1.807, 2.05) is 0 Å². The third kappa shape index (κ3) is 3.95. The smallest absolute Gasteiger partial charge is 0.234 e. The lowest BCUT2D eigenvalue weighted by Crippen LogP contribution is -2.42. The minimum atomic E-state index is 0.00599. The Kier molecular flexibility index (Phi) is 4.81. The summed E-state index contributed by atoms with van der Waals surface area (Å²) in [4.78, 5) is 16.1. The number of likely N-dealkylation sites (tertiary alicyclic amines) is 1. The van der Waals surface area contributed by atoms with Crippen molar-refractivity contribution in [2.24, 2.45) is 10.8 Å². The summed E-state index contributed by atoms with van der Waals surface area (Å²) in [7, 11) is 0. The molecule has 1 N–H and O–H groups in total. The zero-order valence-electron chi connectivity index (χ0n) is 14.4. The van der Waals surface area contributed by atoms with Crippen molar-refractivity contribution < 1.29 is 9.53 Å². The first-order valence-corrected chi connectivity index (χ1v) is 9.39. The van der Waals surface area contributed by atoms with Crippen molar-refractivity contribution in [3.8, 4) is 0 Å². The van der Waals surface area contributed by atoms with Gasteiger partial charge in [-0.05, 0) is 36.2 Å². The molecule has 1 spiro atoms. The Bertz CT molecular complexity index is 530. The molecule has 5 heteroatoms. The Morgan fingerprint density at radius 2 is 2.30 bits per heavy atom. The Morgan fingerprint density at radius 1 is 1.48 bits per heavy atom. The van der Waals surface area contributed by atoms with E-state index in [0.29, 0.717) is 12.0 Å². The minimum Gasteiger partial charge on any atom is -0.381 e. The highest BCUT2D eigenvalue weighted by atomic mass is 32.1. The molecular weight excluding hydrogens is 308 g/mol. The van der Waals surface area contributed by atoms with Gasteiger partial charge in [-0.3, -0.25) is 9.69 Å². The molecule has 1 aromatic rings. The van der Waals surface area contributed by atoms with Gasteiger partial charge in [0.25, 0.3) is 0 Å². The fraction of sp³-hybridized carbons (Fsp3) is 0.722. The van der Waals surface area contributed by atoms with Crippen molar-refractivity contribution in [3.05, 3.63) is 22.4 Å². The van der Waals surface area contributed by atoms with Gasteiger partial charge in [-0.25, -0.2) is 0 Å². The van der Waals surface area contributed by atoms with Crippen LogP contribution in [-0.2, 0) is 9.53 Å². The summed E-state index contributed by atoms with van der Waals surface area (Å²) in [5.41, 5.74) is 0.323. The number of nitrogens with one attached hydrogen (secondary N) is 1. The minimum absolute atomic E-state index is 0.00599. The number of carbonyl (C=O) groups excluding carboxylic acids is 1. The van der Waals surface area contributed by atoms with Crippen LogP contribution in [0.1, 0.15) is 44.5 Å². The molecule has 0 saturated carbocycles. The molecule has 2 atom stereocenters. The highest BCUT2D eigenvalue weighted by Gasteiger charge is 2.41. The van der Waals surface area contributed by atoms with Crippen LogP contribution in [0.4, 0.5) is 0 Å². The molecule has 128 valence electrons. The summed E-state index contributed by atoms with van der Waals surface area (Å²) < 4.78 is 5.57. The molecule has 0 aromatic carbocycles. The van der Waals surface area contributed by atoms with Crippen molar-refractivity contribution >= 4 is 17.2 Å². The van der Waals surface area contributed by atoms with E-state index in [2.05, 4.69) is 48.5 Å². The van der Waals surface area contributed by atoms with Crippen LogP contribution in [0.25, 0.3) is 0 Å². The van der Waals surface area contributed by atoms with Gasteiger partial charge < -0.3 is 10.1 Å². The lowest BCUT2D eigenvalue weighted by atomic mass is 9.85. The number of ether oxygens (including phenoxy) is 1. The highest BCUT2D eigenvalue weighted by molar-refractivity contribution is 7.10. The molecule has 0 unspecified atom stereocenters. The van der Waals surface area contributed by atoms with Gasteiger partial charge in [0.05, 0.1) is 19.2 Å². The van der Waals surface area contributed by atoms with Crippen molar-refractivity contribution in [1.82, 2.24) is 10.2 Å². The first-order valence-electron chi connectivity index (χ1n) is 8.51. The van der Waals surface area contributed by atoms with Crippen LogP contribution in [0.3, 0.4) is 0 Å². The molecule has 2 aliphatic heterocycles. The van der Waals surface area contributed by atoms with Gasteiger partial charge in [0, 0.05) is 23.4 Å². The number of hydrogen-bond donors (Lipinski definition) is 1. The second kappa shape index (κ2) is 6.54. The van der Waals surface area contributed by atoms with Crippen LogP contribution in [0.15, 0.2) is 17.5 Å². The first-order chi connectivity index (χ1) is 10.9. The molecule has 2 saturated heterocycles. The normalized spacial score (nSPS) is 26.7. The molecular formula is C18H28N2O2S. The summed E-state index contributed by atoms with van der Waals surface area (Å²) in [5, 5.41) is 5.34. The van der Waals surface area contributed by atoms with Crippen molar-refractivity contribution in [3.63, 3.8) is 0 Å². The molecule has 4 nitrogen and oxygen atoms in total. The Hall–Kier alpha value is -0.910. The molecule has 2 fully saturated rings.